The molecule has 3 nitrogen and oxygen atoms in total. The lowest BCUT2D eigenvalue weighted by Crippen LogP contribution is -2.35. The van der Waals surface area contributed by atoms with Crippen LogP contribution in [0.5, 0.6) is 0 Å². The van der Waals surface area contributed by atoms with Crippen molar-refractivity contribution in [3.63, 3.8) is 0 Å². The highest BCUT2D eigenvalue weighted by Crippen LogP contribution is 2.16. The molecule has 0 aromatic carbocycles. The van der Waals surface area contributed by atoms with Crippen molar-refractivity contribution in [2.24, 2.45) is 5.92 Å². The molecule has 1 aliphatic rings. The molecule has 0 radical (unpaired) electrons. The molecule has 3 heteroatoms. The quantitative estimate of drug-likeness (QED) is 0.686. The van der Waals surface area contributed by atoms with E-state index in [9.17, 15) is 0 Å². The topological polar surface area (TPSA) is 36.3 Å². The maximum Gasteiger partial charge on any atom is 0.0638 e. The van der Waals surface area contributed by atoms with Crippen molar-refractivity contribution >= 4 is 0 Å². The van der Waals surface area contributed by atoms with E-state index < -0.39 is 0 Å². The minimum Gasteiger partial charge on any atom is -0.381 e. The van der Waals surface area contributed by atoms with Gasteiger partial charge >= 0.3 is 0 Å². The minimum atomic E-state index is 0.378. The first-order chi connectivity index (χ1) is 6.74. The summed E-state index contributed by atoms with van der Waals surface area (Å²) in [4.78, 5) is 2.29. The van der Waals surface area contributed by atoms with Crippen LogP contribution in [-0.4, -0.2) is 37.7 Å². The van der Waals surface area contributed by atoms with E-state index in [1.54, 1.807) is 0 Å². The Morgan fingerprint density at radius 3 is 2.71 bits per heavy atom. The smallest absolute Gasteiger partial charge is 0.0638 e. The summed E-state index contributed by atoms with van der Waals surface area (Å²) in [5.74, 6) is 0.759. The molecular formula is C11H20N2O. The van der Waals surface area contributed by atoms with E-state index >= 15 is 0 Å². The van der Waals surface area contributed by atoms with Gasteiger partial charge in [0.1, 0.15) is 0 Å². The third-order valence-electron chi connectivity index (χ3n) is 3.03. The van der Waals surface area contributed by atoms with Crippen LogP contribution in [0.1, 0.15) is 26.2 Å². The fraction of sp³-hybridized carbons (Fsp3) is 0.909. The molecular weight excluding hydrogens is 176 g/mol. The molecule has 1 saturated heterocycles. The Kier molecular flexibility index (Phi) is 4.92. The Morgan fingerprint density at radius 1 is 1.50 bits per heavy atom. The molecule has 1 unspecified atom stereocenters. The normalized spacial score (nSPS) is 20.7. The average molecular weight is 196 g/mol. The van der Waals surface area contributed by atoms with Gasteiger partial charge in [0.2, 0.25) is 0 Å². The summed E-state index contributed by atoms with van der Waals surface area (Å²) in [6.45, 7) is 5.03. The molecule has 0 saturated carbocycles. The first kappa shape index (κ1) is 11.5. The largest absolute Gasteiger partial charge is 0.381 e. The van der Waals surface area contributed by atoms with Gasteiger partial charge in [-0.15, -0.1) is 0 Å². The average Bonchev–Trinajstić information content (AvgIpc) is 2.19. The molecule has 80 valence electrons. The van der Waals surface area contributed by atoms with Crippen molar-refractivity contribution in [1.82, 2.24) is 4.90 Å². The lowest BCUT2D eigenvalue weighted by molar-refractivity contribution is 0.0516. The van der Waals surface area contributed by atoms with E-state index in [0.717, 1.165) is 25.7 Å². The van der Waals surface area contributed by atoms with Gasteiger partial charge in [-0.1, -0.05) is 0 Å². The third-order valence-corrected chi connectivity index (χ3v) is 3.03. The van der Waals surface area contributed by atoms with Crippen molar-refractivity contribution in [2.45, 2.75) is 32.2 Å². The first-order valence-corrected chi connectivity index (χ1v) is 5.39. The van der Waals surface area contributed by atoms with Gasteiger partial charge in [-0.05, 0) is 32.7 Å². The minimum absolute atomic E-state index is 0.378. The van der Waals surface area contributed by atoms with Crippen molar-refractivity contribution in [3.8, 4) is 6.07 Å². The van der Waals surface area contributed by atoms with E-state index in [1.165, 1.54) is 12.8 Å². The summed E-state index contributed by atoms with van der Waals surface area (Å²) in [5.41, 5.74) is 0. The summed E-state index contributed by atoms with van der Waals surface area (Å²) in [7, 11) is 2.11. The molecule has 0 aromatic rings. The Labute approximate surface area is 86.6 Å². The molecule has 0 N–H and O–H groups in total. The summed E-state index contributed by atoms with van der Waals surface area (Å²) in [6.07, 6.45) is 2.97. The third kappa shape index (κ3) is 3.65. The second kappa shape index (κ2) is 6.00. The molecule has 1 aliphatic heterocycles. The molecule has 0 aliphatic carbocycles. The number of rotatable bonds is 4. The highest BCUT2D eigenvalue weighted by atomic mass is 16.5. The molecule has 14 heavy (non-hydrogen) atoms. The fourth-order valence-corrected chi connectivity index (χ4v) is 1.80. The molecule has 1 heterocycles. The zero-order chi connectivity index (χ0) is 10.4. The standard InChI is InChI=1S/C11H20N2O/c1-10(3-6-12)13(2)9-11-4-7-14-8-5-11/h10-11H,3-5,7-9H2,1-2H3. The fourth-order valence-electron chi connectivity index (χ4n) is 1.80. The van der Waals surface area contributed by atoms with E-state index in [2.05, 4.69) is 24.9 Å². The zero-order valence-electron chi connectivity index (χ0n) is 9.20. The zero-order valence-corrected chi connectivity index (χ0v) is 9.20. The molecule has 0 spiro atoms. The van der Waals surface area contributed by atoms with Crippen molar-refractivity contribution in [2.75, 3.05) is 26.8 Å². The summed E-state index contributed by atoms with van der Waals surface area (Å²) in [5, 5.41) is 8.59. The number of hydrogen-bond donors (Lipinski definition) is 0. The van der Waals surface area contributed by atoms with Crippen molar-refractivity contribution in [3.05, 3.63) is 0 Å². The predicted molar refractivity (Wildman–Crippen MR) is 55.9 cm³/mol. The second-order valence-electron chi connectivity index (χ2n) is 4.21. The molecule has 0 amide bonds. The Morgan fingerprint density at radius 2 is 2.14 bits per heavy atom. The van der Waals surface area contributed by atoms with Crippen LogP contribution in [0.15, 0.2) is 0 Å². The lowest BCUT2D eigenvalue weighted by Gasteiger charge is -2.30. The van der Waals surface area contributed by atoms with Crippen LogP contribution < -0.4 is 0 Å². The Hall–Kier alpha value is -0.590. The highest BCUT2D eigenvalue weighted by Gasteiger charge is 2.18. The van der Waals surface area contributed by atoms with Crippen LogP contribution in [-0.2, 0) is 4.74 Å². The van der Waals surface area contributed by atoms with Crippen LogP contribution in [0.2, 0.25) is 0 Å². The predicted octanol–water partition coefficient (Wildman–Crippen LogP) is 1.65. The monoisotopic (exact) mass is 196 g/mol. The molecule has 0 bridgehead atoms. The van der Waals surface area contributed by atoms with Gasteiger partial charge in [0.05, 0.1) is 12.5 Å². The van der Waals surface area contributed by atoms with E-state index in [4.69, 9.17) is 10.00 Å². The maximum atomic E-state index is 8.59. The van der Waals surface area contributed by atoms with Gasteiger partial charge in [-0.3, -0.25) is 0 Å². The highest BCUT2D eigenvalue weighted by molar-refractivity contribution is 4.79. The number of nitriles is 1. The van der Waals surface area contributed by atoms with E-state index in [0.29, 0.717) is 12.5 Å². The van der Waals surface area contributed by atoms with Crippen LogP contribution >= 0.6 is 0 Å². The van der Waals surface area contributed by atoms with Crippen LogP contribution in [0, 0.1) is 17.2 Å². The SMILES string of the molecule is CC(CC#N)N(C)CC1CCOCC1. The van der Waals surface area contributed by atoms with E-state index in [1.807, 2.05) is 0 Å². The number of ether oxygens (including phenoxy) is 1. The Balaban J connectivity index is 2.24. The Bertz CT molecular complexity index is 194. The summed E-state index contributed by atoms with van der Waals surface area (Å²) >= 11 is 0. The molecule has 0 aromatic heterocycles. The molecule has 1 atom stereocenters. The van der Waals surface area contributed by atoms with Gasteiger partial charge in [-0.25, -0.2) is 0 Å². The van der Waals surface area contributed by atoms with E-state index in [-0.39, 0.29) is 0 Å². The maximum absolute atomic E-state index is 8.59. The van der Waals surface area contributed by atoms with Crippen LogP contribution in [0.25, 0.3) is 0 Å². The lowest BCUT2D eigenvalue weighted by atomic mass is 9.99. The summed E-state index contributed by atoms with van der Waals surface area (Å²) in [6, 6.07) is 2.60. The van der Waals surface area contributed by atoms with Crippen molar-refractivity contribution in [1.29, 1.82) is 5.26 Å². The van der Waals surface area contributed by atoms with Crippen LogP contribution in [0.4, 0.5) is 0 Å². The van der Waals surface area contributed by atoms with Gasteiger partial charge in [0.25, 0.3) is 0 Å². The van der Waals surface area contributed by atoms with Crippen LogP contribution in [0.3, 0.4) is 0 Å². The molecule has 1 rings (SSSR count). The van der Waals surface area contributed by atoms with Gasteiger partial charge < -0.3 is 9.64 Å². The molecule has 1 fully saturated rings. The van der Waals surface area contributed by atoms with Crippen molar-refractivity contribution < 1.29 is 4.74 Å². The first-order valence-electron chi connectivity index (χ1n) is 5.39. The summed E-state index contributed by atoms with van der Waals surface area (Å²) < 4.78 is 5.32. The number of nitrogens with zero attached hydrogens (tertiary/aromatic N) is 2. The van der Waals surface area contributed by atoms with Gasteiger partial charge in [-0.2, -0.15) is 5.26 Å². The van der Waals surface area contributed by atoms with Gasteiger partial charge in [0.15, 0.2) is 0 Å². The number of hydrogen-bond acceptors (Lipinski definition) is 3. The second-order valence-corrected chi connectivity index (χ2v) is 4.21. The van der Waals surface area contributed by atoms with Gasteiger partial charge in [0, 0.05) is 25.8 Å².